The van der Waals surface area contributed by atoms with Gasteiger partial charge in [-0.05, 0) is 52.7 Å². The molecule has 1 rings (SSSR count). The highest BCUT2D eigenvalue weighted by molar-refractivity contribution is 8.12. The average molecular weight is 259 g/mol. The van der Waals surface area contributed by atoms with Gasteiger partial charge in [0.05, 0.1) is 0 Å². The van der Waals surface area contributed by atoms with Crippen LogP contribution >= 0.6 is 11.8 Å². The molecule has 1 amide bonds. The minimum atomic E-state index is 0.223. The normalized spacial score (nSPS) is 17.8. The van der Waals surface area contributed by atoms with Crippen molar-refractivity contribution in [3.05, 3.63) is 0 Å². The Hall–Kier alpha value is -0.260. The summed E-state index contributed by atoms with van der Waals surface area (Å²) in [5, 5.41) is 3.40. The lowest BCUT2D eigenvalue weighted by atomic mass is 10.0. The SMILES string of the molecule is CNCCCN(C)C1CCN(C(=O)SC)CC1. The van der Waals surface area contributed by atoms with Gasteiger partial charge in [-0.1, -0.05) is 11.8 Å². The summed E-state index contributed by atoms with van der Waals surface area (Å²) in [7, 11) is 4.19. The first-order valence-electron chi connectivity index (χ1n) is 6.36. The second kappa shape index (κ2) is 7.95. The van der Waals surface area contributed by atoms with Gasteiger partial charge in [-0.3, -0.25) is 4.79 Å². The first-order chi connectivity index (χ1) is 8.19. The van der Waals surface area contributed by atoms with E-state index in [0.29, 0.717) is 6.04 Å². The Labute approximate surface area is 109 Å². The number of nitrogens with one attached hydrogen (secondary N) is 1. The Balaban J connectivity index is 2.23. The molecule has 0 aromatic carbocycles. The van der Waals surface area contributed by atoms with Crippen LogP contribution in [-0.2, 0) is 0 Å². The molecule has 0 unspecified atom stereocenters. The van der Waals surface area contributed by atoms with Crippen LogP contribution in [0.5, 0.6) is 0 Å². The molecule has 0 atom stereocenters. The molecule has 5 heteroatoms. The Morgan fingerprint density at radius 2 is 2.12 bits per heavy atom. The third-order valence-electron chi connectivity index (χ3n) is 3.46. The average Bonchev–Trinajstić information content (AvgIpc) is 2.38. The van der Waals surface area contributed by atoms with Gasteiger partial charge in [-0.25, -0.2) is 0 Å². The highest BCUT2D eigenvalue weighted by Gasteiger charge is 2.24. The van der Waals surface area contributed by atoms with Gasteiger partial charge in [-0.2, -0.15) is 0 Å². The molecular weight excluding hydrogens is 234 g/mol. The minimum absolute atomic E-state index is 0.223. The molecule has 0 bridgehead atoms. The van der Waals surface area contributed by atoms with E-state index in [0.717, 1.165) is 39.0 Å². The minimum Gasteiger partial charge on any atom is -0.333 e. The monoisotopic (exact) mass is 259 g/mol. The molecule has 1 heterocycles. The fourth-order valence-corrected chi connectivity index (χ4v) is 2.75. The lowest BCUT2D eigenvalue weighted by Crippen LogP contribution is -2.44. The molecule has 100 valence electrons. The van der Waals surface area contributed by atoms with E-state index in [2.05, 4.69) is 17.3 Å². The molecule has 1 aliphatic rings. The van der Waals surface area contributed by atoms with Crippen LogP contribution in [0, 0.1) is 0 Å². The molecular formula is C12H25N3OS. The fraction of sp³-hybridized carbons (Fsp3) is 0.917. The number of amides is 1. The van der Waals surface area contributed by atoms with E-state index in [4.69, 9.17) is 0 Å². The molecule has 0 aromatic heterocycles. The van der Waals surface area contributed by atoms with Crippen molar-refractivity contribution >= 4 is 17.0 Å². The topological polar surface area (TPSA) is 35.6 Å². The van der Waals surface area contributed by atoms with Crippen molar-refractivity contribution in [2.75, 3.05) is 46.5 Å². The maximum Gasteiger partial charge on any atom is 0.281 e. The van der Waals surface area contributed by atoms with Gasteiger partial charge in [0, 0.05) is 19.1 Å². The lowest BCUT2D eigenvalue weighted by Gasteiger charge is -2.36. The number of carbonyl (C=O) groups excluding carboxylic acids is 1. The zero-order valence-electron chi connectivity index (χ0n) is 11.2. The van der Waals surface area contributed by atoms with Crippen molar-refractivity contribution in [2.24, 2.45) is 0 Å². The molecule has 0 aliphatic carbocycles. The number of rotatable bonds is 5. The van der Waals surface area contributed by atoms with E-state index in [-0.39, 0.29) is 5.24 Å². The van der Waals surface area contributed by atoms with Crippen molar-refractivity contribution in [1.29, 1.82) is 0 Å². The van der Waals surface area contributed by atoms with Crippen LogP contribution in [-0.4, -0.2) is 67.6 Å². The zero-order valence-corrected chi connectivity index (χ0v) is 12.1. The predicted molar refractivity (Wildman–Crippen MR) is 74.7 cm³/mol. The summed E-state index contributed by atoms with van der Waals surface area (Å²) < 4.78 is 0. The van der Waals surface area contributed by atoms with Gasteiger partial charge in [0.1, 0.15) is 0 Å². The van der Waals surface area contributed by atoms with Gasteiger partial charge in [0.15, 0.2) is 0 Å². The van der Waals surface area contributed by atoms with E-state index in [1.54, 1.807) is 0 Å². The van der Waals surface area contributed by atoms with Crippen molar-refractivity contribution in [3.63, 3.8) is 0 Å². The van der Waals surface area contributed by atoms with E-state index in [9.17, 15) is 4.79 Å². The third kappa shape index (κ3) is 4.85. The largest absolute Gasteiger partial charge is 0.333 e. The summed E-state index contributed by atoms with van der Waals surface area (Å²) in [4.78, 5) is 15.9. The molecule has 0 aromatic rings. The summed E-state index contributed by atoms with van der Waals surface area (Å²) in [5.41, 5.74) is 0. The van der Waals surface area contributed by atoms with Crippen LogP contribution in [0.2, 0.25) is 0 Å². The standard InChI is InChI=1S/C12H25N3OS/c1-13-7-4-8-14(2)11-5-9-15(10-6-11)12(16)17-3/h11,13H,4-10H2,1-3H3. The van der Waals surface area contributed by atoms with E-state index < -0.39 is 0 Å². The van der Waals surface area contributed by atoms with Crippen LogP contribution < -0.4 is 5.32 Å². The van der Waals surface area contributed by atoms with Crippen LogP contribution in [0.3, 0.4) is 0 Å². The van der Waals surface area contributed by atoms with E-state index in [1.165, 1.54) is 18.2 Å². The first kappa shape index (κ1) is 14.8. The van der Waals surface area contributed by atoms with Crippen molar-refractivity contribution in [2.45, 2.75) is 25.3 Å². The summed E-state index contributed by atoms with van der Waals surface area (Å²) in [6, 6.07) is 0.651. The van der Waals surface area contributed by atoms with Crippen molar-refractivity contribution in [3.8, 4) is 0 Å². The summed E-state index contributed by atoms with van der Waals surface area (Å²) in [5.74, 6) is 0. The van der Waals surface area contributed by atoms with Crippen molar-refractivity contribution < 1.29 is 4.79 Å². The van der Waals surface area contributed by atoms with E-state index in [1.807, 2.05) is 18.2 Å². The fourth-order valence-electron chi connectivity index (χ4n) is 2.31. The van der Waals surface area contributed by atoms with Crippen LogP contribution in [0.1, 0.15) is 19.3 Å². The van der Waals surface area contributed by atoms with Gasteiger partial charge >= 0.3 is 0 Å². The Kier molecular flexibility index (Phi) is 6.92. The molecule has 0 spiro atoms. The Morgan fingerprint density at radius 3 is 2.65 bits per heavy atom. The summed E-state index contributed by atoms with van der Waals surface area (Å²) in [6.07, 6.45) is 5.28. The van der Waals surface area contributed by atoms with Gasteiger partial charge < -0.3 is 15.1 Å². The lowest BCUT2D eigenvalue weighted by molar-refractivity contribution is 0.145. The first-order valence-corrected chi connectivity index (χ1v) is 7.59. The van der Waals surface area contributed by atoms with Crippen LogP contribution in [0.25, 0.3) is 0 Å². The second-order valence-corrected chi connectivity index (χ2v) is 5.38. The number of likely N-dealkylation sites (tertiary alicyclic amines) is 1. The van der Waals surface area contributed by atoms with Gasteiger partial charge in [-0.15, -0.1) is 0 Å². The Morgan fingerprint density at radius 1 is 1.47 bits per heavy atom. The number of thioether (sulfide) groups is 1. The molecule has 1 aliphatic heterocycles. The molecule has 1 fully saturated rings. The predicted octanol–water partition coefficient (Wildman–Crippen LogP) is 1.48. The number of piperidine rings is 1. The molecule has 17 heavy (non-hydrogen) atoms. The van der Waals surface area contributed by atoms with Gasteiger partial charge in [0.2, 0.25) is 0 Å². The maximum atomic E-state index is 11.5. The summed E-state index contributed by atoms with van der Waals surface area (Å²) in [6.45, 7) is 4.05. The second-order valence-electron chi connectivity index (χ2n) is 4.63. The molecule has 0 saturated carbocycles. The van der Waals surface area contributed by atoms with E-state index >= 15 is 0 Å². The zero-order chi connectivity index (χ0) is 12.7. The third-order valence-corrected chi connectivity index (χ3v) is 4.07. The van der Waals surface area contributed by atoms with Gasteiger partial charge in [0.25, 0.3) is 5.24 Å². The van der Waals surface area contributed by atoms with Crippen LogP contribution in [0.15, 0.2) is 0 Å². The number of carbonyl (C=O) groups is 1. The molecule has 1 saturated heterocycles. The van der Waals surface area contributed by atoms with Crippen LogP contribution in [0.4, 0.5) is 4.79 Å². The highest BCUT2D eigenvalue weighted by atomic mass is 32.2. The molecule has 4 nitrogen and oxygen atoms in total. The number of nitrogens with zero attached hydrogens (tertiary/aromatic N) is 2. The number of hydrogen-bond acceptors (Lipinski definition) is 4. The smallest absolute Gasteiger partial charge is 0.281 e. The quantitative estimate of drug-likeness (QED) is 0.759. The highest BCUT2D eigenvalue weighted by Crippen LogP contribution is 2.18. The maximum absolute atomic E-state index is 11.5. The van der Waals surface area contributed by atoms with Crippen molar-refractivity contribution in [1.82, 2.24) is 15.1 Å². The Bertz CT molecular complexity index is 230. The number of hydrogen-bond donors (Lipinski definition) is 1. The molecule has 1 N–H and O–H groups in total. The molecule has 0 radical (unpaired) electrons. The summed E-state index contributed by atoms with van der Waals surface area (Å²) >= 11 is 1.32.